The van der Waals surface area contributed by atoms with Gasteiger partial charge in [0.25, 0.3) is 0 Å². The number of benzene rings is 1. The van der Waals surface area contributed by atoms with Gasteiger partial charge < -0.3 is 0 Å². The van der Waals surface area contributed by atoms with E-state index in [9.17, 15) is 0 Å². The van der Waals surface area contributed by atoms with Gasteiger partial charge in [0.1, 0.15) is 5.69 Å². The van der Waals surface area contributed by atoms with E-state index in [1.165, 1.54) is 28.8 Å². The second-order valence-electron chi connectivity index (χ2n) is 7.99. The molecular weight excluding hydrogens is 318 g/mol. The molecule has 1 aliphatic rings. The SMILES string of the molecule is Cc1cccc(-c2nc(-c3cccc(C)n3)nc3c2CCCC3(C)C)c1. The van der Waals surface area contributed by atoms with Crippen LogP contribution in [0.4, 0.5) is 0 Å². The summed E-state index contributed by atoms with van der Waals surface area (Å²) in [4.78, 5) is 14.7. The number of pyridine rings is 1. The Hall–Kier alpha value is -2.55. The summed E-state index contributed by atoms with van der Waals surface area (Å²) in [6, 6.07) is 14.7. The van der Waals surface area contributed by atoms with Gasteiger partial charge in [-0.1, -0.05) is 43.7 Å². The van der Waals surface area contributed by atoms with E-state index in [0.717, 1.165) is 35.7 Å². The fraction of sp³-hybridized carbons (Fsp3) is 0.348. The van der Waals surface area contributed by atoms with Gasteiger partial charge >= 0.3 is 0 Å². The van der Waals surface area contributed by atoms with Gasteiger partial charge in [-0.2, -0.15) is 0 Å². The van der Waals surface area contributed by atoms with Crippen LogP contribution in [0, 0.1) is 13.8 Å². The zero-order chi connectivity index (χ0) is 18.3. The van der Waals surface area contributed by atoms with Crippen molar-refractivity contribution in [2.45, 2.75) is 52.4 Å². The maximum absolute atomic E-state index is 5.01. The molecular formula is C23H25N3. The summed E-state index contributed by atoms with van der Waals surface area (Å²) in [5.41, 5.74) is 7.90. The number of aromatic nitrogens is 3. The Morgan fingerprint density at radius 2 is 1.73 bits per heavy atom. The van der Waals surface area contributed by atoms with Gasteiger partial charge in [0, 0.05) is 22.2 Å². The van der Waals surface area contributed by atoms with Crippen LogP contribution in [-0.4, -0.2) is 15.0 Å². The lowest BCUT2D eigenvalue weighted by molar-refractivity contribution is 0.418. The molecule has 2 heterocycles. The Balaban J connectivity index is 1.99. The van der Waals surface area contributed by atoms with E-state index in [0.29, 0.717) is 0 Å². The molecule has 0 amide bonds. The third-order valence-electron chi connectivity index (χ3n) is 5.29. The first-order chi connectivity index (χ1) is 12.4. The Morgan fingerprint density at radius 1 is 0.923 bits per heavy atom. The topological polar surface area (TPSA) is 38.7 Å². The van der Waals surface area contributed by atoms with Gasteiger partial charge in [-0.25, -0.2) is 15.0 Å². The molecule has 0 unspecified atom stereocenters. The number of hydrogen-bond donors (Lipinski definition) is 0. The molecule has 1 aliphatic carbocycles. The molecule has 0 N–H and O–H groups in total. The minimum Gasteiger partial charge on any atom is -0.250 e. The van der Waals surface area contributed by atoms with Crippen LogP contribution in [0.2, 0.25) is 0 Å². The van der Waals surface area contributed by atoms with Crippen molar-refractivity contribution in [3.05, 3.63) is 65.0 Å². The molecule has 0 radical (unpaired) electrons. The molecule has 0 saturated heterocycles. The highest BCUT2D eigenvalue weighted by molar-refractivity contribution is 5.68. The van der Waals surface area contributed by atoms with Crippen molar-refractivity contribution < 1.29 is 0 Å². The summed E-state index contributed by atoms with van der Waals surface area (Å²) in [5.74, 6) is 0.735. The average molecular weight is 343 g/mol. The summed E-state index contributed by atoms with van der Waals surface area (Å²) in [6.45, 7) is 8.73. The molecule has 0 bridgehead atoms. The fourth-order valence-electron chi connectivity index (χ4n) is 3.92. The Kier molecular flexibility index (Phi) is 4.10. The number of nitrogens with zero attached hydrogens (tertiary/aromatic N) is 3. The summed E-state index contributed by atoms with van der Waals surface area (Å²) in [6.07, 6.45) is 3.39. The van der Waals surface area contributed by atoms with Crippen molar-refractivity contribution in [2.24, 2.45) is 0 Å². The highest BCUT2D eigenvalue weighted by Crippen LogP contribution is 2.40. The first kappa shape index (κ1) is 16.9. The van der Waals surface area contributed by atoms with Crippen molar-refractivity contribution in [1.82, 2.24) is 15.0 Å². The van der Waals surface area contributed by atoms with Crippen LogP contribution in [0.1, 0.15) is 49.2 Å². The van der Waals surface area contributed by atoms with Gasteiger partial charge in [-0.05, 0) is 51.3 Å². The van der Waals surface area contributed by atoms with Crippen LogP contribution in [0.5, 0.6) is 0 Å². The molecule has 26 heavy (non-hydrogen) atoms. The standard InChI is InChI=1S/C23H25N3/c1-15-8-5-10-17(14-15)20-18-11-7-13-23(3,4)21(18)26-22(25-20)19-12-6-9-16(2)24-19/h5-6,8-10,12,14H,7,11,13H2,1-4H3. The van der Waals surface area contributed by atoms with Crippen LogP contribution in [0.25, 0.3) is 22.8 Å². The minimum absolute atomic E-state index is 0.0632. The van der Waals surface area contributed by atoms with Crippen molar-refractivity contribution >= 4 is 0 Å². The zero-order valence-corrected chi connectivity index (χ0v) is 16.0. The van der Waals surface area contributed by atoms with Gasteiger partial charge in [0.15, 0.2) is 5.82 Å². The lowest BCUT2D eigenvalue weighted by Crippen LogP contribution is -2.27. The smallest absolute Gasteiger partial charge is 0.179 e. The van der Waals surface area contributed by atoms with E-state index < -0.39 is 0 Å². The number of fused-ring (bicyclic) bond motifs is 1. The quantitative estimate of drug-likeness (QED) is 0.622. The van der Waals surface area contributed by atoms with E-state index in [1.807, 2.05) is 25.1 Å². The molecule has 0 spiro atoms. The Morgan fingerprint density at radius 3 is 2.50 bits per heavy atom. The van der Waals surface area contributed by atoms with E-state index >= 15 is 0 Å². The highest BCUT2D eigenvalue weighted by atomic mass is 14.9. The van der Waals surface area contributed by atoms with Crippen molar-refractivity contribution in [3.63, 3.8) is 0 Å². The van der Waals surface area contributed by atoms with Crippen LogP contribution >= 0.6 is 0 Å². The third kappa shape index (κ3) is 3.03. The first-order valence-corrected chi connectivity index (χ1v) is 9.36. The average Bonchev–Trinajstić information content (AvgIpc) is 2.61. The maximum Gasteiger partial charge on any atom is 0.179 e. The highest BCUT2D eigenvalue weighted by Gasteiger charge is 2.32. The fourth-order valence-corrected chi connectivity index (χ4v) is 3.92. The molecule has 0 atom stereocenters. The van der Waals surface area contributed by atoms with Gasteiger partial charge in [0.05, 0.1) is 11.4 Å². The van der Waals surface area contributed by atoms with E-state index in [-0.39, 0.29) is 5.41 Å². The van der Waals surface area contributed by atoms with Crippen LogP contribution in [-0.2, 0) is 11.8 Å². The number of hydrogen-bond acceptors (Lipinski definition) is 3. The largest absolute Gasteiger partial charge is 0.250 e. The Labute approximate surface area is 155 Å². The van der Waals surface area contributed by atoms with Crippen LogP contribution < -0.4 is 0 Å². The van der Waals surface area contributed by atoms with E-state index in [1.54, 1.807) is 0 Å². The second-order valence-corrected chi connectivity index (χ2v) is 7.99. The van der Waals surface area contributed by atoms with Crippen LogP contribution in [0.3, 0.4) is 0 Å². The molecule has 0 saturated carbocycles. The molecule has 0 fully saturated rings. The maximum atomic E-state index is 5.01. The van der Waals surface area contributed by atoms with Crippen LogP contribution in [0.15, 0.2) is 42.5 Å². The molecule has 3 aromatic rings. The molecule has 3 heteroatoms. The predicted octanol–water partition coefficient (Wildman–Crippen LogP) is 5.44. The lowest BCUT2D eigenvalue weighted by atomic mass is 9.75. The normalized spacial score (nSPS) is 15.5. The molecule has 3 nitrogen and oxygen atoms in total. The Bertz CT molecular complexity index is 973. The number of aryl methyl sites for hydroxylation is 2. The molecule has 2 aromatic heterocycles. The third-order valence-corrected chi connectivity index (χ3v) is 5.29. The molecule has 0 aliphatic heterocycles. The summed E-state index contributed by atoms with van der Waals surface area (Å²) in [5, 5.41) is 0. The lowest BCUT2D eigenvalue weighted by Gasteiger charge is -2.32. The van der Waals surface area contributed by atoms with Crippen molar-refractivity contribution in [2.75, 3.05) is 0 Å². The van der Waals surface area contributed by atoms with E-state index in [4.69, 9.17) is 9.97 Å². The second kappa shape index (κ2) is 6.31. The zero-order valence-electron chi connectivity index (χ0n) is 16.0. The molecule has 1 aromatic carbocycles. The summed E-state index contributed by atoms with van der Waals surface area (Å²) < 4.78 is 0. The minimum atomic E-state index is 0.0632. The van der Waals surface area contributed by atoms with Gasteiger partial charge in [-0.15, -0.1) is 0 Å². The first-order valence-electron chi connectivity index (χ1n) is 9.36. The van der Waals surface area contributed by atoms with E-state index in [2.05, 4.69) is 50.0 Å². The number of rotatable bonds is 2. The summed E-state index contributed by atoms with van der Waals surface area (Å²) >= 11 is 0. The monoisotopic (exact) mass is 343 g/mol. The van der Waals surface area contributed by atoms with Crippen molar-refractivity contribution in [1.29, 1.82) is 0 Å². The summed E-state index contributed by atoms with van der Waals surface area (Å²) in [7, 11) is 0. The van der Waals surface area contributed by atoms with Crippen molar-refractivity contribution in [3.8, 4) is 22.8 Å². The van der Waals surface area contributed by atoms with Gasteiger partial charge in [0.2, 0.25) is 0 Å². The molecule has 4 rings (SSSR count). The predicted molar refractivity (Wildman–Crippen MR) is 106 cm³/mol. The van der Waals surface area contributed by atoms with Gasteiger partial charge in [-0.3, -0.25) is 0 Å². The molecule has 132 valence electrons.